The summed E-state index contributed by atoms with van der Waals surface area (Å²) in [4.78, 5) is 49.4. The van der Waals surface area contributed by atoms with Gasteiger partial charge in [0.25, 0.3) is 5.91 Å². The Morgan fingerprint density at radius 2 is 1.91 bits per heavy atom. The highest BCUT2D eigenvalue weighted by Crippen LogP contribution is 2.38. The Balaban J connectivity index is 1.61. The van der Waals surface area contributed by atoms with Crippen LogP contribution in [0, 0.1) is 11.3 Å². The van der Waals surface area contributed by atoms with Gasteiger partial charge in [0, 0.05) is 64.4 Å². The van der Waals surface area contributed by atoms with Gasteiger partial charge in [0.1, 0.15) is 0 Å². The molecule has 1 aliphatic heterocycles. The van der Waals surface area contributed by atoms with E-state index in [2.05, 4.69) is 16.4 Å². The lowest BCUT2D eigenvalue weighted by atomic mass is 10.0. The van der Waals surface area contributed by atoms with E-state index in [0.29, 0.717) is 46.9 Å². The third-order valence-electron chi connectivity index (χ3n) is 7.48. The van der Waals surface area contributed by atoms with Crippen LogP contribution >= 0.6 is 23.4 Å². The number of fused-ring (bicyclic) bond motifs is 1. The fourth-order valence-corrected chi connectivity index (χ4v) is 6.50. The lowest BCUT2D eigenvalue weighted by Crippen LogP contribution is -2.46. The molecule has 4 aromatic rings. The molecule has 1 N–H and O–H groups in total. The van der Waals surface area contributed by atoms with Gasteiger partial charge in [0.2, 0.25) is 11.8 Å². The number of thioether (sulfide) groups is 1. The van der Waals surface area contributed by atoms with Gasteiger partial charge in [-0.2, -0.15) is 5.26 Å². The molecule has 0 spiro atoms. The molecular weight excluding hydrogens is 618 g/mol. The molecule has 234 valence electrons. The van der Waals surface area contributed by atoms with Crippen LogP contribution in [0.4, 0.5) is 11.4 Å². The summed E-state index contributed by atoms with van der Waals surface area (Å²) < 4.78 is 0. The van der Waals surface area contributed by atoms with Crippen LogP contribution < -0.4 is 15.1 Å². The van der Waals surface area contributed by atoms with E-state index in [1.807, 2.05) is 68.4 Å². The van der Waals surface area contributed by atoms with Gasteiger partial charge in [0.05, 0.1) is 17.5 Å². The van der Waals surface area contributed by atoms with E-state index in [9.17, 15) is 14.4 Å². The van der Waals surface area contributed by atoms with Crippen molar-refractivity contribution >= 4 is 69.3 Å². The zero-order chi connectivity index (χ0) is 32.6. The number of pyridine rings is 1. The molecule has 8 nitrogen and oxygen atoms in total. The third kappa shape index (κ3) is 7.58. The molecule has 1 unspecified atom stereocenters. The lowest BCUT2D eigenvalue weighted by Gasteiger charge is -2.32. The van der Waals surface area contributed by atoms with E-state index < -0.39 is 11.9 Å². The molecule has 10 heteroatoms. The minimum atomic E-state index is -1.13. The highest BCUT2D eigenvalue weighted by molar-refractivity contribution is 7.99. The summed E-state index contributed by atoms with van der Waals surface area (Å²) in [5, 5.41) is 14.2. The van der Waals surface area contributed by atoms with Crippen molar-refractivity contribution in [3.05, 3.63) is 101 Å². The molecule has 0 bridgehead atoms. The molecule has 1 atom stereocenters. The first kappa shape index (κ1) is 32.7. The van der Waals surface area contributed by atoms with Crippen LogP contribution in [0.1, 0.15) is 50.4 Å². The maximum atomic E-state index is 14.4. The van der Waals surface area contributed by atoms with Crippen LogP contribution in [0.15, 0.2) is 90.0 Å². The van der Waals surface area contributed by atoms with Gasteiger partial charge in [0.15, 0.2) is 6.04 Å². The average Bonchev–Trinajstić information content (AvgIpc) is 3.48. The summed E-state index contributed by atoms with van der Waals surface area (Å²) in [6, 6.07) is 22.8. The summed E-state index contributed by atoms with van der Waals surface area (Å²) in [6.07, 6.45) is 6.48. The maximum Gasteiger partial charge on any atom is 0.252 e. The number of nitrogens with one attached hydrogen (secondary N) is 1. The number of para-hydroxylation sites is 1. The minimum Gasteiger partial charge on any atom is -0.352 e. The summed E-state index contributed by atoms with van der Waals surface area (Å²) in [5.41, 5.74) is 2.52. The second-order valence-electron chi connectivity index (χ2n) is 11.1. The number of nitriles is 1. The molecule has 1 aromatic heterocycles. The fourth-order valence-electron chi connectivity index (χ4n) is 5.42. The van der Waals surface area contributed by atoms with E-state index in [4.69, 9.17) is 16.9 Å². The molecule has 1 fully saturated rings. The topological polar surface area (TPSA) is 106 Å². The monoisotopic (exact) mass is 651 g/mol. The van der Waals surface area contributed by atoms with E-state index in [-0.39, 0.29) is 17.9 Å². The number of rotatable bonds is 11. The molecule has 5 rings (SSSR count). The summed E-state index contributed by atoms with van der Waals surface area (Å²) in [6.45, 7) is 4.42. The van der Waals surface area contributed by atoms with Crippen LogP contribution in [0.3, 0.4) is 0 Å². The second-order valence-corrected chi connectivity index (χ2v) is 12.7. The number of hydrogen-bond acceptors (Lipinski definition) is 6. The number of amides is 3. The molecule has 1 aliphatic rings. The van der Waals surface area contributed by atoms with E-state index >= 15 is 0 Å². The quantitative estimate of drug-likeness (QED) is 0.103. The number of benzene rings is 3. The number of nitrogens with zero attached hydrogens (tertiary/aromatic N) is 4. The predicted octanol–water partition coefficient (Wildman–Crippen LogP) is 7.33. The van der Waals surface area contributed by atoms with E-state index in [0.717, 1.165) is 28.0 Å². The largest absolute Gasteiger partial charge is 0.352 e. The van der Waals surface area contributed by atoms with Gasteiger partial charge in [-0.15, -0.1) is 11.8 Å². The summed E-state index contributed by atoms with van der Waals surface area (Å²) in [7, 11) is 0. The Labute approximate surface area is 278 Å². The van der Waals surface area contributed by atoms with Crippen molar-refractivity contribution in [2.75, 3.05) is 22.1 Å². The van der Waals surface area contributed by atoms with Gasteiger partial charge < -0.3 is 10.2 Å². The number of carbonyl (C=O) groups is 3. The van der Waals surface area contributed by atoms with Crippen molar-refractivity contribution in [2.24, 2.45) is 0 Å². The van der Waals surface area contributed by atoms with Crippen LogP contribution in [-0.2, 0) is 14.4 Å². The molecule has 3 amide bonds. The SMILES string of the molecule is CC(C)NC(=O)C(c1nccc2cc(Cl)ccc12)N(C(=O)/C=C/c1ccc(N2CCCC2=O)cc1)c1ccccc1SCCC#N. The van der Waals surface area contributed by atoms with Crippen molar-refractivity contribution in [3.63, 3.8) is 0 Å². The number of aromatic nitrogens is 1. The van der Waals surface area contributed by atoms with Crippen molar-refractivity contribution in [2.45, 2.75) is 50.1 Å². The average molecular weight is 652 g/mol. The van der Waals surface area contributed by atoms with Crippen LogP contribution in [-0.4, -0.2) is 41.0 Å². The molecule has 0 aliphatic carbocycles. The van der Waals surface area contributed by atoms with Gasteiger partial charge in [-0.25, -0.2) is 0 Å². The summed E-state index contributed by atoms with van der Waals surface area (Å²) >= 11 is 7.75. The molecule has 0 radical (unpaired) electrons. The fraction of sp³-hybridized carbons (Fsp3) is 0.250. The number of hydrogen-bond donors (Lipinski definition) is 1. The van der Waals surface area contributed by atoms with Gasteiger partial charge in [-0.1, -0.05) is 41.9 Å². The Morgan fingerprint density at radius 1 is 1.13 bits per heavy atom. The van der Waals surface area contributed by atoms with Gasteiger partial charge >= 0.3 is 0 Å². The first-order chi connectivity index (χ1) is 22.3. The van der Waals surface area contributed by atoms with Gasteiger partial charge in [-0.05, 0) is 79.8 Å². The van der Waals surface area contributed by atoms with Crippen LogP contribution in [0.2, 0.25) is 5.02 Å². The smallest absolute Gasteiger partial charge is 0.252 e. The van der Waals surface area contributed by atoms with Crippen molar-refractivity contribution in [1.29, 1.82) is 5.26 Å². The van der Waals surface area contributed by atoms with Crippen LogP contribution in [0.5, 0.6) is 0 Å². The molecule has 1 saturated heterocycles. The lowest BCUT2D eigenvalue weighted by molar-refractivity contribution is -0.125. The zero-order valence-corrected chi connectivity index (χ0v) is 27.2. The first-order valence-electron chi connectivity index (χ1n) is 15.1. The maximum absolute atomic E-state index is 14.4. The number of halogens is 1. The summed E-state index contributed by atoms with van der Waals surface area (Å²) in [5.74, 6) is -0.187. The highest BCUT2D eigenvalue weighted by Gasteiger charge is 2.35. The third-order valence-corrected chi connectivity index (χ3v) is 8.78. The van der Waals surface area contributed by atoms with E-state index in [1.165, 1.54) is 22.7 Å². The Hall–Kier alpha value is -4.65. The standard InChI is InChI=1S/C36H34ClN5O3S/c1-24(2)40-36(45)35(34-29-16-13-27(37)23-26(29)18-20-39-34)42(30-7-3-4-8-31(30)46-22-6-19-38)33(44)17-12-25-10-14-28(15-11-25)41-21-5-9-32(41)43/h3-4,7-8,10-18,20,23-24,35H,5-6,9,21-22H2,1-2H3,(H,40,45)/b17-12+. The molecule has 0 saturated carbocycles. The van der Waals surface area contributed by atoms with Crippen LogP contribution in [0.25, 0.3) is 16.8 Å². The van der Waals surface area contributed by atoms with Gasteiger partial charge in [-0.3, -0.25) is 24.3 Å². The van der Waals surface area contributed by atoms with Crippen molar-refractivity contribution < 1.29 is 14.4 Å². The normalized spacial score (nSPS) is 13.7. The highest BCUT2D eigenvalue weighted by atomic mass is 35.5. The van der Waals surface area contributed by atoms with Crippen molar-refractivity contribution in [1.82, 2.24) is 10.3 Å². The second kappa shape index (κ2) is 15.1. The molecule has 3 aromatic carbocycles. The zero-order valence-electron chi connectivity index (χ0n) is 25.7. The Bertz CT molecular complexity index is 1820. The Kier molecular flexibility index (Phi) is 10.7. The molecule has 2 heterocycles. The molecule has 46 heavy (non-hydrogen) atoms. The van der Waals surface area contributed by atoms with E-state index in [1.54, 1.807) is 35.4 Å². The number of anilines is 2. The minimum absolute atomic E-state index is 0.107. The number of carbonyl (C=O) groups excluding carboxylic acids is 3. The predicted molar refractivity (Wildman–Crippen MR) is 185 cm³/mol. The molecular formula is C36H34ClN5O3S. The van der Waals surface area contributed by atoms with Crippen molar-refractivity contribution in [3.8, 4) is 6.07 Å². The Morgan fingerprint density at radius 3 is 2.63 bits per heavy atom. The first-order valence-corrected chi connectivity index (χ1v) is 16.5.